The summed E-state index contributed by atoms with van der Waals surface area (Å²) in [6.07, 6.45) is 1.28. The molecular weight excluding hydrogens is 177 g/mol. The largest absolute Gasteiger partial charge is 0.207 e. The Morgan fingerprint density at radius 2 is 1.86 bits per heavy atom. The highest BCUT2D eigenvalue weighted by Gasteiger charge is 2.30. The lowest BCUT2D eigenvalue weighted by molar-refractivity contribution is 0.475. The average molecular weight is 191 g/mol. The molecular formula is C12H14FN. The highest BCUT2D eigenvalue weighted by Crippen LogP contribution is 2.32. The first kappa shape index (κ1) is 10.7. The van der Waals surface area contributed by atoms with Crippen molar-refractivity contribution < 1.29 is 4.39 Å². The van der Waals surface area contributed by atoms with Crippen molar-refractivity contribution in [1.29, 1.82) is 5.26 Å². The molecule has 0 fully saturated rings. The van der Waals surface area contributed by atoms with Gasteiger partial charge < -0.3 is 0 Å². The molecule has 0 aromatic heterocycles. The van der Waals surface area contributed by atoms with Crippen molar-refractivity contribution in [2.45, 2.75) is 32.1 Å². The SMILES string of the molecule is CCC(C#N)(CC)c1ccccc1F. The first-order valence-electron chi connectivity index (χ1n) is 4.86. The van der Waals surface area contributed by atoms with E-state index in [1.54, 1.807) is 18.2 Å². The van der Waals surface area contributed by atoms with Gasteiger partial charge in [-0.3, -0.25) is 0 Å². The standard InChI is InChI=1S/C12H14FN/c1-3-12(4-2,9-14)10-7-5-6-8-11(10)13/h5-8H,3-4H2,1-2H3. The number of nitrogens with zero attached hydrogens (tertiary/aromatic N) is 1. The van der Waals surface area contributed by atoms with Gasteiger partial charge in [0, 0.05) is 5.56 Å². The van der Waals surface area contributed by atoms with Gasteiger partial charge in [-0.2, -0.15) is 5.26 Å². The van der Waals surface area contributed by atoms with Gasteiger partial charge in [-0.1, -0.05) is 32.0 Å². The van der Waals surface area contributed by atoms with Crippen molar-refractivity contribution >= 4 is 0 Å². The van der Waals surface area contributed by atoms with Crippen LogP contribution in [0.25, 0.3) is 0 Å². The van der Waals surface area contributed by atoms with Crippen molar-refractivity contribution in [3.05, 3.63) is 35.6 Å². The lowest BCUT2D eigenvalue weighted by atomic mass is 9.77. The lowest BCUT2D eigenvalue weighted by Gasteiger charge is -2.24. The Balaban J connectivity index is 3.26. The van der Waals surface area contributed by atoms with Crippen LogP contribution in [0, 0.1) is 17.1 Å². The van der Waals surface area contributed by atoms with Crippen LogP contribution in [0.1, 0.15) is 32.3 Å². The summed E-state index contributed by atoms with van der Waals surface area (Å²) in [5, 5.41) is 9.14. The van der Waals surface area contributed by atoms with Crippen LogP contribution in [-0.4, -0.2) is 0 Å². The zero-order valence-electron chi connectivity index (χ0n) is 8.55. The van der Waals surface area contributed by atoms with Crippen molar-refractivity contribution in [1.82, 2.24) is 0 Å². The Morgan fingerprint density at radius 1 is 1.29 bits per heavy atom. The van der Waals surface area contributed by atoms with Crippen LogP contribution in [0.5, 0.6) is 0 Å². The van der Waals surface area contributed by atoms with Crippen LogP contribution < -0.4 is 0 Å². The van der Waals surface area contributed by atoms with E-state index in [9.17, 15) is 4.39 Å². The number of hydrogen-bond donors (Lipinski definition) is 0. The minimum absolute atomic E-state index is 0.280. The fraction of sp³-hybridized carbons (Fsp3) is 0.417. The minimum atomic E-state index is -0.661. The van der Waals surface area contributed by atoms with Crippen molar-refractivity contribution in [3.8, 4) is 6.07 Å². The van der Waals surface area contributed by atoms with Crippen molar-refractivity contribution in [2.75, 3.05) is 0 Å². The zero-order chi connectivity index (χ0) is 10.6. The molecule has 0 bridgehead atoms. The summed E-state index contributed by atoms with van der Waals surface area (Å²) in [4.78, 5) is 0. The molecule has 0 aliphatic heterocycles. The fourth-order valence-electron chi connectivity index (χ4n) is 1.70. The van der Waals surface area contributed by atoms with E-state index in [4.69, 9.17) is 5.26 Å². The summed E-state index contributed by atoms with van der Waals surface area (Å²) < 4.78 is 13.5. The lowest BCUT2D eigenvalue weighted by Crippen LogP contribution is -2.23. The van der Waals surface area contributed by atoms with Crippen LogP contribution in [0.15, 0.2) is 24.3 Å². The summed E-state index contributed by atoms with van der Waals surface area (Å²) in [7, 11) is 0. The molecule has 2 heteroatoms. The molecule has 1 nitrogen and oxygen atoms in total. The molecule has 0 atom stereocenters. The molecule has 0 spiro atoms. The molecule has 0 N–H and O–H groups in total. The van der Waals surface area contributed by atoms with E-state index in [2.05, 4.69) is 6.07 Å². The number of benzene rings is 1. The highest BCUT2D eigenvalue weighted by atomic mass is 19.1. The molecule has 1 aromatic carbocycles. The quantitative estimate of drug-likeness (QED) is 0.718. The van der Waals surface area contributed by atoms with E-state index in [0.717, 1.165) is 0 Å². The molecule has 0 aliphatic carbocycles. The Labute approximate surface area is 84.2 Å². The molecule has 0 saturated heterocycles. The smallest absolute Gasteiger partial charge is 0.128 e. The Hall–Kier alpha value is -1.36. The maximum Gasteiger partial charge on any atom is 0.128 e. The van der Waals surface area contributed by atoms with Gasteiger partial charge in [0.25, 0.3) is 0 Å². The van der Waals surface area contributed by atoms with Gasteiger partial charge in [-0.25, -0.2) is 4.39 Å². The third kappa shape index (κ3) is 1.63. The van der Waals surface area contributed by atoms with E-state index < -0.39 is 5.41 Å². The molecule has 0 radical (unpaired) electrons. The average Bonchev–Trinajstić information content (AvgIpc) is 2.24. The molecule has 0 heterocycles. The van der Waals surface area contributed by atoms with E-state index in [-0.39, 0.29) is 5.82 Å². The van der Waals surface area contributed by atoms with E-state index >= 15 is 0 Å². The van der Waals surface area contributed by atoms with Gasteiger partial charge in [0.1, 0.15) is 5.82 Å². The first-order valence-corrected chi connectivity index (χ1v) is 4.86. The van der Waals surface area contributed by atoms with Gasteiger partial charge in [0.05, 0.1) is 11.5 Å². The van der Waals surface area contributed by atoms with Gasteiger partial charge in [0.2, 0.25) is 0 Å². The number of hydrogen-bond acceptors (Lipinski definition) is 1. The van der Waals surface area contributed by atoms with Crippen LogP contribution in [0.2, 0.25) is 0 Å². The predicted octanol–water partition coefficient (Wildman–Crippen LogP) is 3.41. The molecule has 1 rings (SSSR count). The molecule has 14 heavy (non-hydrogen) atoms. The summed E-state index contributed by atoms with van der Waals surface area (Å²) in [5.41, 5.74) is -0.141. The van der Waals surface area contributed by atoms with Crippen molar-refractivity contribution in [3.63, 3.8) is 0 Å². The maximum atomic E-state index is 13.5. The van der Waals surface area contributed by atoms with Crippen molar-refractivity contribution in [2.24, 2.45) is 0 Å². The first-order chi connectivity index (χ1) is 6.70. The summed E-state index contributed by atoms with van der Waals surface area (Å²) in [6, 6.07) is 8.76. The number of nitriles is 1. The topological polar surface area (TPSA) is 23.8 Å². The number of halogens is 1. The molecule has 74 valence electrons. The molecule has 1 aromatic rings. The zero-order valence-corrected chi connectivity index (χ0v) is 8.55. The van der Waals surface area contributed by atoms with Crippen LogP contribution in [0.4, 0.5) is 4.39 Å². The Bertz CT molecular complexity index is 348. The second kappa shape index (κ2) is 4.23. The normalized spacial score (nSPS) is 11.0. The van der Waals surface area contributed by atoms with Gasteiger partial charge in [-0.05, 0) is 18.9 Å². The van der Waals surface area contributed by atoms with E-state index in [0.29, 0.717) is 18.4 Å². The van der Waals surface area contributed by atoms with E-state index in [1.165, 1.54) is 6.07 Å². The molecule has 0 saturated carbocycles. The maximum absolute atomic E-state index is 13.5. The second-order valence-corrected chi connectivity index (χ2v) is 3.38. The third-order valence-corrected chi connectivity index (χ3v) is 2.81. The molecule has 0 amide bonds. The van der Waals surface area contributed by atoms with E-state index in [1.807, 2.05) is 13.8 Å². The second-order valence-electron chi connectivity index (χ2n) is 3.38. The monoisotopic (exact) mass is 191 g/mol. The van der Waals surface area contributed by atoms with Crippen LogP contribution in [-0.2, 0) is 5.41 Å². The van der Waals surface area contributed by atoms with Crippen LogP contribution in [0.3, 0.4) is 0 Å². The summed E-state index contributed by atoms with van der Waals surface area (Å²) in [5.74, 6) is -0.280. The third-order valence-electron chi connectivity index (χ3n) is 2.81. The Morgan fingerprint density at radius 3 is 2.29 bits per heavy atom. The molecule has 0 aliphatic rings. The fourth-order valence-corrected chi connectivity index (χ4v) is 1.70. The summed E-state index contributed by atoms with van der Waals surface area (Å²) in [6.45, 7) is 3.83. The predicted molar refractivity (Wildman–Crippen MR) is 54.3 cm³/mol. The van der Waals surface area contributed by atoms with Crippen LogP contribution >= 0.6 is 0 Å². The minimum Gasteiger partial charge on any atom is -0.207 e. The summed E-state index contributed by atoms with van der Waals surface area (Å²) >= 11 is 0. The Kier molecular flexibility index (Phi) is 3.24. The van der Waals surface area contributed by atoms with Gasteiger partial charge in [0.15, 0.2) is 0 Å². The highest BCUT2D eigenvalue weighted by molar-refractivity contribution is 5.33. The number of rotatable bonds is 3. The molecule has 0 unspecified atom stereocenters. The van der Waals surface area contributed by atoms with Gasteiger partial charge >= 0.3 is 0 Å². The van der Waals surface area contributed by atoms with Gasteiger partial charge in [-0.15, -0.1) is 0 Å².